The van der Waals surface area contributed by atoms with Gasteiger partial charge in [-0.05, 0) is 19.8 Å². The molecule has 0 N–H and O–H groups in total. The van der Waals surface area contributed by atoms with Crippen LogP contribution in [0.2, 0.25) is 0 Å². The SMILES string of the molecule is CCCCCCCCCCC(C)OC(=S)[S-].[Na+]. The third-order valence-corrected chi connectivity index (χ3v) is 2.95. The molecule has 0 radical (unpaired) electrons. The maximum atomic E-state index is 5.26. The van der Waals surface area contributed by atoms with Crippen molar-refractivity contribution in [3.8, 4) is 0 Å². The second-order valence-electron chi connectivity index (χ2n) is 4.44. The zero-order chi connectivity index (χ0) is 12.2. The molecule has 0 bridgehead atoms. The fraction of sp³-hybridized carbons (Fsp3) is 0.923. The van der Waals surface area contributed by atoms with Crippen molar-refractivity contribution in [3.05, 3.63) is 0 Å². The summed E-state index contributed by atoms with van der Waals surface area (Å²) in [4.78, 5) is 0. The summed E-state index contributed by atoms with van der Waals surface area (Å²) in [5.41, 5.74) is 0. The molecule has 0 fully saturated rings. The third kappa shape index (κ3) is 17.1. The standard InChI is InChI=1S/C13H26OS2.Na/c1-3-4-5-6-7-8-9-10-11-12(2)14-13(15)16;/h12H,3-11H2,1-2H3,(H,15,16);/q;+1/p-1. The minimum atomic E-state index is 0. The fourth-order valence-electron chi connectivity index (χ4n) is 1.79. The molecule has 1 atom stereocenters. The van der Waals surface area contributed by atoms with Crippen molar-refractivity contribution in [2.45, 2.75) is 77.7 Å². The van der Waals surface area contributed by atoms with Crippen LogP contribution >= 0.6 is 12.2 Å². The van der Waals surface area contributed by atoms with Gasteiger partial charge < -0.3 is 29.6 Å². The third-order valence-electron chi connectivity index (χ3n) is 2.76. The quantitative estimate of drug-likeness (QED) is 0.262. The molecule has 0 aliphatic rings. The number of thiocarbonyl (C=S) groups is 1. The van der Waals surface area contributed by atoms with E-state index in [0.717, 1.165) is 6.42 Å². The zero-order valence-corrected chi connectivity index (χ0v) is 15.3. The number of hydrogen-bond acceptors (Lipinski definition) is 3. The van der Waals surface area contributed by atoms with Crippen molar-refractivity contribution in [1.29, 1.82) is 0 Å². The maximum Gasteiger partial charge on any atom is 1.00 e. The van der Waals surface area contributed by atoms with Crippen LogP contribution in [-0.4, -0.2) is 10.5 Å². The predicted octanol–water partition coefficient (Wildman–Crippen LogP) is 1.76. The van der Waals surface area contributed by atoms with Gasteiger partial charge in [0.1, 0.15) is 0 Å². The topological polar surface area (TPSA) is 9.23 Å². The van der Waals surface area contributed by atoms with Crippen LogP contribution in [0.25, 0.3) is 0 Å². The van der Waals surface area contributed by atoms with E-state index < -0.39 is 0 Å². The number of hydrogen-bond donors (Lipinski definition) is 0. The monoisotopic (exact) mass is 284 g/mol. The molecule has 0 rings (SSSR count). The Morgan fingerprint density at radius 3 is 2.00 bits per heavy atom. The van der Waals surface area contributed by atoms with Crippen LogP contribution < -0.4 is 29.6 Å². The summed E-state index contributed by atoms with van der Waals surface area (Å²) in [5.74, 6) is 0. The molecule has 0 heterocycles. The zero-order valence-electron chi connectivity index (χ0n) is 11.7. The van der Waals surface area contributed by atoms with E-state index in [2.05, 4.69) is 6.92 Å². The molecule has 0 aliphatic heterocycles. The van der Waals surface area contributed by atoms with Gasteiger partial charge in [0, 0.05) is 4.38 Å². The van der Waals surface area contributed by atoms with Gasteiger partial charge >= 0.3 is 29.6 Å². The van der Waals surface area contributed by atoms with Gasteiger partial charge in [-0.25, -0.2) is 0 Å². The van der Waals surface area contributed by atoms with Gasteiger partial charge in [-0.15, -0.1) is 0 Å². The molecular weight excluding hydrogens is 259 g/mol. The molecule has 0 aromatic carbocycles. The number of ether oxygens (including phenoxy) is 1. The summed E-state index contributed by atoms with van der Waals surface area (Å²) in [6.07, 6.45) is 12.1. The predicted molar refractivity (Wildman–Crippen MR) is 77.7 cm³/mol. The molecule has 0 saturated carbocycles. The second-order valence-corrected chi connectivity index (χ2v) is 5.44. The number of rotatable bonds is 10. The summed E-state index contributed by atoms with van der Waals surface area (Å²) in [7, 11) is 0. The molecule has 4 heteroatoms. The molecule has 0 aromatic heterocycles. The molecule has 0 aliphatic carbocycles. The van der Waals surface area contributed by atoms with E-state index in [1.807, 2.05) is 6.92 Å². The van der Waals surface area contributed by atoms with Crippen molar-refractivity contribution in [3.63, 3.8) is 0 Å². The van der Waals surface area contributed by atoms with Crippen LogP contribution in [0.3, 0.4) is 0 Å². The Balaban J connectivity index is 0. The average Bonchev–Trinajstić information content (AvgIpc) is 2.21. The van der Waals surface area contributed by atoms with Crippen molar-refractivity contribution < 1.29 is 34.3 Å². The van der Waals surface area contributed by atoms with Gasteiger partial charge in [-0.1, -0.05) is 51.9 Å². The van der Waals surface area contributed by atoms with Gasteiger partial charge in [-0.2, -0.15) is 0 Å². The van der Waals surface area contributed by atoms with Crippen molar-refractivity contribution in [2.75, 3.05) is 0 Å². The molecule has 1 unspecified atom stereocenters. The Kier molecular flexibility index (Phi) is 18.2. The molecule has 1 nitrogen and oxygen atoms in total. The minimum Gasteiger partial charge on any atom is -0.511 e. The van der Waals surface area contributed by atoms with Crippen LogP contribution in [0.5, 0.6) is 0 Å². The maximum absolute atomic E-state index is 5.26. The molecule has 0 spiro atoms. The van der Waals surface area contributed by atoms with Crippen LogP contribution in [0, 0.1) is 0 Å². The summed E-state index contributed by atoms with van der Waals surface area (Å²) >= 11 is 9.45. The molecular formula is C13H25NaOS2. The van der Waals surface area contributed by atoms with E-state index in [1.54, 1.807) is 0 Å². The van der Waals surface area contributed by atoms with Gasteiger partial charge in [-0.3, -0.25) is 0 Å². The van der Waals surface area contributed by atoms with Crippen LogP contribution in [0.4, 0.5) is 0 Å². The van der Waals surface area contributed by atoms with E-state index in [-0.39, 0.29) is 40.0 Å². The van der Waals surface area contributed by atoms with Crippen molar-refractivity contribution in [2.24, 2.45) is 0 Å². The fourth-order valence-corrected chi connectivity index (χ4v) is 2.12. The molecule has 96 valence electrons. The number of unbranched alkanes of at least 4 members (excludes halogenated alkanes) is 7. The smallest absolute Gasteiger partial charge is 0.511 e. The van der Waals surface area contributed by atoms with E-state index >= 15 is 0 Å². The van der Waals surface area contributed by atoms with Crippen molar-refractivity contribution >= 4 is 29.2 Å². The summed E-state index contributed by atoms with van der Waals surface area (Å²) < 4.78 is 5.51. The summed E-state index contributed by atoms with van der Waals surface area (Å²) in [6, 6.07) is 0. The molecule has 17 heavy (non-hydrogen) atoms. The largest absolute Gasteiger partial charge is 1.00 e. The summed E-state index contributed by atoms with van der Waals surface area (Å²) in [5, 5.41) is 0. The van der Waals surface area contributed by atoms with Crippen LogP contribution in [-0.2, 0) is 17.4 Å². The summed E-state index contributed by atoms with van der Waals surface area (Å²) in [6.45, 7) is 4.30. The Morgan fingerprint density at radius 2 is 1.53 bits per heavy atom. The van der Waals surface area contributed by atoms with E-state index in [1.165, 1.54) is 51.4 Å². The first-order valence-corrected chi connectivity index (χ1v) is 7.36. The minimum absolute atomic E-state index is 0. The van der Waals surface area contributed by atoms with Gasteiger partial charge in [0.15, 0.2) is 0 Å². The second kappa shape index (κ2) is 15.2. The average molecular weight is 284 g/mol. The first-order chi connectivity index (χ1) is 7.66. The normalized spacial score (nSPS) is 11.6. The van der Waals surface area contributed by atoms with E-state index in [9.17, 15) is 0 Å². The Morgan fingerprint density at radius 1 is 1.06 bits per heavy atom. The van der Waals surface area contributed by atoms with E-state index in [4.69, 9.17) is 29.6 Å². The van der Waals surface area contributed by atoms with Crippen LogP contribution in [0.1, 0.15) is 71.6 Å². The van der Waals surface area contributed by atoms with Crippen molar-refractivity contribution in [1.82, 2.24) is 0 Å². The Labute approximate surface area is 140 Å². The van der Waals surface area contributed by atoms with Gasteiger partial charge in [0.2, 0.25) is 0 Å². The molecule has 0 aromatic rings. The van der Waals surface area contributed by atoms with Gasteiger partial charge in [0.05, 0.1) is 6.10 Å². The Hall–Kier alpha value is 1.11. The molecule has 0 saturated heterocycles. The Bertz CT molecular complexity index is 177. The van der Waals surface area contributed by atoms with Gasteiger partial charge in [0.25, 0.3) is 0 Å². The van der Waals surface area contributed by atoms with E-state index in [0.29, 0.717) is 0 Å². The molecule has 0 amide bonds. The first-order valence-electron chi connectivity index (χ1n) is 6.54. The van der Waals surface area contributed by atoms with Crippen LogP contribution in [0.15, 0.2) is 0 Å². The first kappa shape index (κ1) is 20.4.